The minimum absolute atomic E-state index is 0.0143. The van der Waals surface area contributed by atoms with Crippen molar-refractivity contribution in [2.45, 2.75) is 51.1 Å². The van der Waals surface area contributed by atoms with Gasteiger partial charge in [0.1, 0.15) is 11.8 Å². The minimum Gasteiger partial charge on any atom is -0.497 e. The van der Waals surface area contributed by atoms with E-state index in [1.54, 1.807) is 11.8 Å². The van der Waals surface area contributed by atoms with Gasteiger partial charge in [-0.1, -0.05) is 47.7 Å². The summed E-state index contributed by atoms with van der Waals surface area (Å²) in [7, 11) is 1.60. The van der Waals surface area contributed by atoms with Crippen LogP contribution in [0.1, 0.15) is 36.1 Å². The minimum atomic E-state index is -0.809. The normalized spacial score (nSPS) is 19.5. The molecule has 1 saturated heterocycles. The molecule has 1 atom stereocenters. The number of likely N-dealkylation sites (tertiary alicyclic amines) is 1. The zero-order valence-corrected chi connectivity index (χ0v) is 22.8. The van der Waals surface area contributed by atoms with E-state index in [0.717, 1.165) is 16.8 Å². The Labute approximate surface area is 234 Å². The summed E-state index contributed by atoms with van der Waals surface area (Å²) in [4.78, 5) is 42.2. The van der Waals surface area contributed by atoms with Crippen LogP contribution in [0.25, 0.3) is 0 Å². The summed E-state index contributed by atoms with van der Waals surface area (Å²) in [6.07, 6.45) is 4.59. The van der Waals surface area contributed by atoms with Crippen molar-refractivity contribution < 1.29 is 19.1 Å². The number of hydrogen-bond donors (Lipinski definition) is 2. The Morgan fingerprint density at radius 1 is 1.05 bits per heavy atom. The second-order valence-electron chi connectivity index (χ2n) is 10.7. The lowest BCUT2D eigenvalue weighted by Crippen LogP contribution is -2.56. The van der Waals surface area contributed by atoms with E-state index >= 15 is 0 Å². The average Bonchev–Trinajstić information content (AvgIpc) is 3.42. The Hall–Kier alpha value is -4.21. The summed E-state index contributed by atoms with van der Waals surface area (Å²) in [6.45, 7) is 1.99. The van der Waals surface area contributed by atoms with Gasteiger partial charge in [0.25, 0.3) is 0 Å². The Morgan fingerprint density at radius 2 is 1.82 bits per heavy atom. The molecule has 2 bridgehead atoms. The van der Waals surface area contributed by atoms with E-state index in [-0.39, 0.29) is 24.1 Å². The monoisotopic (exact) mass is 544 g/mol. The number of ether oxygens (including phenoxy) is 1. The molecule has 40 heavy (non-hydrogen) atoms. The molecule has 210 valence electrons. The van der Waals surface area contributed by atoms with Gasteiger partial charge in [0, 0.05) is 45.2 Å². The van der Waals surface area contributed by atoms with Crippen LogP contribution in [0, 0.1) is 5.41 Å². The van der Waals surface area contributed by atoms with Gasteiger partial charge in [-0.2, -0.15) is 0 Å². The van der Waals surface area contributed by atoms with Gasteiger partial charge in [0.2, 0.25) is 17.7 Å². The average molecular weight is 545 g/mol. The fourth-order valence-electron chi connectivity index (χ4n) is 5.56. The van der Waals surface area contributed by atoms with Crippen molar-refractivity contribution in [3.8, 4) is 5.75 Å². The standard InChI is InChI=1S/C30H36N6O4/c1-40-25-10-5-9-23(17-25)19-27(37)35-15-11-30(12-16-35)20-24-21-36(34-33-24)14-6-13-31-28(38)26(32-29(30)39)18-22-7-3-2-4-8-22/h2-5,7-10,17,21,26H,6,11-16,18-20H2,1H3,(H,31,38)(H,32,39)/t26-/m0/s1. The van der Waals surface area contributed by atoms with Crippen LogP contribution in [0.2, 0.25) is 0 Å². The fraction of sp³-hybridized carbons (Fsp3) is 0.433. The molecule has 10 nitrogen and oxygen atoms in total. The number of nitrogens with one attached hydrogen (secondary N) is 2. The molecule has 1 fully saturated rings. The van der Waals surface area contributed by atoms with Crippen molar-refractivity contribution in [1.82, 2.24) is 30.5 Å². The first kappa shape index (κ1) is 27.4. The van der Waals surface area contributed by atoms with E-state index in [1.165, 1.54) is 0 Å². The quantitative estimate of drug-likeness (QED) is 0.507. The SMILES string of the molecule is COc1cccc(CC(=O)N2CCC3(CC2)Cc2cn(nn2)CCCNC(=O)[C@H](Cc2ccccc2)NC3=O)c1. The summed E-state index contributed by atoms with van der Waals surface area (Å²) in [6, 6.07) is 16.5. The van der Waals surface area contributed by atoms with E-state index in [1.807, 2.05) is 65.7 Å². The third kappa shape index (κ3) is 6.50. The molecule has 3 aromatic rings. The number of carbonyl (C=O) groups is 3. The number of methoxy groups -OCH3 is 1. The summed E-state index contributed by atoms with van der Waals surface area (Å²) in [5.41, 5.74) is 1.79. The molecule has 3 amide bonds. The number of benzene rings is 2. The molecule has 2 aliphatic heterocycles. The topological polar surface area (TPSA) is 118 Å². The van der Waals surface area contributed by atoms with E-state index in [2.05, 4.69) is 20.9 Å². The molecule has 0 unspecified atom stereocenters. The lowest BCUT2D eigenvalue weighted by Gasteiger charge is -2.41. The number of fused-ring (bicyclic) bond motifs is 2. The van der Waals surface area contributed by atoms with Gasteiger partial charge in [0.15, 0.2) is 0 Å². The molecule has 2 N–H and O–H groups in total. The lowest BCUT2D eigenvalue weighted by molar-refractivity contribution is -0.141. The van der Waals surface area contributed by atoms with Gasteiger partial charge < -0.3 is 20.3 Å². The maximum atomic E-state index is 14.0. The Morgan fingerprint density at radius 3 is 2.60 bits per heavy atom. The van der Waals surface area contributed by atoms with Gasteiger partial charge in [0.05, 0.1) is 24.6 Å². The molecule has 10 heteroatoms. The molecule has 0 radical (unpaired) electrons. The Bertz CT molecular complexity index is 1330. The molecule has 1 spiro atoms. The summed E-state index contributed by atoms with van der Waals surface area (Å²) >= 11 is 0. The Balaban J connectivity index is 1.34. The fourth-order valence-corrected chi connectivity index (χ4v) is 5.56. The van der Waals surface area contributed by atoms with Crippen molar-refractivity contribution in [2.75, 3.05) is 26.7 Å². The molecule has 2 aliphatic rings. The summed E-state index contributed by atoms with van der Waals surface area (Å²) < 4.78 is 7.05. The number of aryl methyl sites for hydroxylation is 1. The van der Waals surface area contributed by atoms with Crippen LogP contribution in [-0.2, 0) is 40.2 Å². The van der Waals surface area contributed by atoms with Crippen LogP contribution in [0.15, 0.2) is 60.8 Å². The smallest absolute Gasteiger partial charge is 0.242 e. The maximum absolute atomic E-state index is 14.0. The number of piperidine rings is 1. The van der Waals surface area contributed by atoms with Crippen molar-refractivity contribution in [1.29, 1.82) is 0 Å². The number of rotatable bonds is 5. The van der Waals surface area contributed by atoms with Gasteiger partial charge >= 0.3 is 0 Å². The van der Waals surface area contributed by atoms with E-state index in [9.17, 15) is 14.4 Å². The van der Waals surface area contributed by atoms with Crippen LogP contribution < -0.4 is 15.4 Å². The highest BCUT2D eigenvalue weighted by molar-refractivity contribution is 5.91. The predicted molar refractivity (Wildman–Crippen MR) is 148 cm³/mol. The number of amides is 3. The van der Waals surface area contributed by atoms with Crippen LogP contribution in [0.4, 0.5) is 0 Å². The highest BCUT2D eigenvalue weighted by Crippen LogP contribution is 2.36. The Kier molecular flexibility index (Phi) is 8.42. The van der Waals surface area contributed by atoms with Crippen LogP contribution >= 0.6 is 0 Å². The molecule has 0 aliphatic carbocycles. The second-order valence-corrected chi connectivity index (χ2v) is 10.7. The predicted octanol–water partition coefficient (Wildman–Crippen LogP) is 1.93. The van der Waals surface area contributed by atoms with Crippen LogP contribution in [0.5, 0.6) is 5.75 Å². The molecule has 5 rings (SSSR count). The third-order valence-electron chi connectivity index (χ3n) is 7.92. The summed E-state index contributed by atoms with van der Waals surface area (Å²) in [5.74, 6) is 0.347. The van der Waals surface area contributed by atoms with Gasteiger partial charge in [-0.3, -0.25) is 19.1 Å². The number of aromatic nitrogens is 3. The molecule has 3 heterocycles. The van der Waals surface area contributed by atoms with E-state index in [0.29, 0.717) is 64.0 Å². The molecule has 2 aromatic carbocycles. The lowest BCUT2D eigenvalue weighted by atomic mass is 9.73. The first-order chi connectivity index (χ1) is 19.4. The third-order valence-corrected chi connectivity index (χ3v) is 7.92. The molecule has 1 aromatic heterocycles. The summed E-state index contributed by atoms with van der Waals surface area (Å²) in [5, 5.41) is 14.6. The second kappa shape index (κ2) is 12.3. The number of hydrogen-bond acceptors (Lipinski definition) is 6. The number of nitrogens with zero attached hydrogens (tertiary/aromatic N) is 4. The van der Waals surface area contributed by atoms with Gasteiger partial charge in [-0.15, -0.1) is 5.10 Å². The van der Waals surface area contributed by atoms with E-state index in [4.69, 9.17) is 4.74 Å². The molecular formula is C30H36N6O4. The molecular weight excluding hydrogens is 508 g/mol. The number of carbonyl (C=O) groups excluding carboxylic acids is 3. The highest BCUT2D eigenvalue weighted by atomic mass is 16.5. The van der Waals surface area contributed by atoms with Crippen molar-refractivity contribution in [2.24, 2.45) is 5.41 Å². The molecule has 0 saturated carbocycles. The zero-order chi connectivity index (χ0) is 28.0. The van der Waals surface area contributed by atoms with Crippen molar-refractivity contribution in [3.05, 3.63) is 77.6 Å². The van der Waals surface area contributed by atoms with Crippen molar-refractivity contribution in [3.63, 3.8) is 0 Å². The zero-order valence-electron chi connectivity index (χ0n) is 22.8. The maximum Gasteiger partial charge on any atom is 0.242 e. The highest BCUT2D eigenvalue weighted by Gasteiger charge is 2.44. The van der Waals surface area contributed by atoms with Gasteiger partial charge in [-0.05, 0) is 42.5 Å². The largest absolute Gasteiger partial charge is 0.497 e. The first-order valence-corrected chi connectivity index (χ1v) is 13.9. The first-order valence-electron chi connectivity index (χ1n) is 13.9. The van der Waals surface area contributed by atoms with Crippen LogP contribution in [-0.4, -0.2) is 70.4 Å². The van der Waals surface area contributed by atoms with E-state index < -0.39 is 11.5 Å². The van der Waals surface area contributed by atoms with Gasteiger partial charge in [-0.25, -0.2) is 0 Å². The van der Waals surface area contributed by atoms with Crippen LogP contribution in [0.3, 0.4) is 0 Å². The van der Waals surface area contributed by atoms with Crippen molar-refractivity contribution >= 4 is 17.7 Å².